The predicted octanol–water partition coefficient (Wildman–Crippen LogP) is 4.67. The highest BCUT2D eigenvalue weighted by Gasteiger charge is 2.68. The SMILES string of the molecule is CCCCN1C(=O)C2C(c3ccc(/C=C/c4ccccc4)cc3)NC(Cc3ccc(O)cc3)(C(=O)O)C2C1=O. The number of likely N-dealkylation sites (tertiary alicyclic amines) is 1. The van der Waals surface area contributed by atoms with Gasteiger partial charge in [-0.05, 0) is 40.8 Å². The van der Waals surface area contributed by atoms with Gasteiger partial charge in [0.2, 0.25) is 11.8 Å². The van der Waals surface area contributed by atoms with Gasteiger partial charge in [-0.25, -0.2) is 0 Å². The van der Waals surface area contributed by atoms with Gasteiger partial charge in [-0.1, -0.05) is 92.2 Å². The molecule has 0 radical (unpaired) electrons. The fraction of sp³-hybridized carbons (Fsp3) is 0.281. The van der Waals surface area contributed by atoms with Crippen LogP contribution in [-0.4, -0.2) is 45.0 Å². The molecule has 4 atom stereocenters. The van der Waals surface area contributed by atoms with Gasteiger partial charge in [-0.2, -0.15) is 0 Å². The van der Waals surface area contributed by atoms with Gasteiger partial charge < -0.3 is 10.2 Å². The van der Waals surface area contributed by atoms with Gasteiger partial charge >= 0.3 is 5.97 Å². The second-order valence-corrected chi connectivity index (χ2v) is 10.3. The van der Waals surface area contributed by atoms with Crippen molar-refractivity contribution >= 4 is 29.9 Å². The summed E-state index contributed by atoms with van der Waals surface area (Å²) in [4.78, 5) is 41.5. The molecule has 2 saturated heterocycles. The molecule has 2 fully saturated rings. The van der Waals surface area contributed by atoms with Crippen LogP contribution < -0.4 is 5.32 Å². The maximum atomic E-state index is 13.7. The summed E-state index contributed by atoms with van der Waals surface area (Å²) in [5.41, 5.74) is 1.77. The number of unbranched alkanes of at least 4 members (excludes halogenated alkanes) is 1. The fourth-order valence-electron chi connectivity index (χ4n) is 5.83. The van der Waals surface area contributed by atoms with Gasteiger partial charge in [0.1, 0.15) is 11.3 Å². The van der Waals surface area contributed by atoms with Crippen LogP contribution in [0, 0.1) is 11.8 Å². The number of aromatic hydroxyl groups is 1. The van der Waals surface area contributed by atoms with E-state index in [0.29, 0.717) is 12.0 Å². The van der Waals surface area contributed by atoms with Crippen molar-refractivity contribution in [3.05, 3.63) is 101 Å². The van der Waals surface area contributed by atoms with Crippen molar-refractivity contribution in [1.82, 2.24) is 10.2 Å². The lowest BCUT2D eigenvalue weighted by atomic mass is 9.76. The third-order valence-corrected chi connectivity index (χ3v) is 7.85. The van der Waals surface area contributed by atoms with E-state index >= 15 is 0 Å². The number of carboxylic acid groups (broad SMARTS) is 1. The minimum Gasteiger partial charge on any atom is -0.508 e. The molecule has 2 amide bonds. The smallest absolute Gasteiger partial charge is 0.325 e. The lowest BCUT2D eigenvalue weighted by Gasteiger charge is -2.31. The molecule has 5 rings (SSSR count). The number of nitrogens with zero attached hydrogens (tertiary/aromatic N) is 1. The van der Waals surface area contributed by atoms with Crippen LogP contribution in [0.4, 0.5) is 0 Å². The number of phenolic OH excluding ortho intramolecular Hbond substituents is 1. The topological polar surface area (TPSA) is 107 Å². The Hall–Kier alpha value is -4.23. The van der Waals surface area contributed by atoms with Gasteiger partial charge in [0.15, 0.2) is 0 Å². The Morgan fingerprint density at radius 1 is 0.923 bits per heavy atom. The molecule has 39 heavy (non-hydrogen) atoms. The Kier molecular flexibility index (Phi) is 7.35. The Morgan fingerprint density at radius 3 is 2.18 bits per heavy atom. The van der Waals surface area contributed by atoms with Crippen LogP contribution in [0.3, 0.4) is 0 Å². The minimum atomic E-state index is -1.67. The van der Waals surface area contributed by atoms with Crippen molar-refractivity contribution in [1.29, 1.82) is 0 Å². The van der Waals surface area contributed by atoms with Crippen LogP contribution in [0.1, 0.15) is 48.1 Å². The Bertz CT molecular complexity index is 1380. The number of amides is 2. The zero-order chi connectivity index (χ0) is 27.6. The minimum absolute atomic E-state index is 0.00118. The second-order valence-electron chi connectivity index (χ2n) is 10.3. The highest BCUT2D eigenvalue weighted by Crippen LogP contribution is 2.50. The molecule has 0 aromatic heterocycles. The average Bonchev–Trinajstić information content (AvgIpc) is 3.42. The number of imide groups is 1. The third kappa shape index (κ3) is 4.98. The summed E-state index contributed by atoms with van der Waals surface area (Å²) in [6, 6.07) is 23.2. The molecule has 2 heterocycles. The first-order valence-corrected chi connectivity index (χ1v) is 13.3. The number of fused-ring (bicyclic) bond motifs is 1. The summed E-state index contributed by atoms with van der Waals surface area (Å²) >= 11 is 0. The normalized spacial score (nSPS) is 24.4. The molecule has 2 aliphatic rings. The van der Waals surface area contributed by atoms with Gasteiger partial charge in [-0.3, -0.25) is 24.6 Å². The number of benzene rings is 3. The number of phenols is 1. The molecule has 2 aliphatic heterocycles. The van der Waals surface area contributed by atoms with E-state index in [9.17, 15) is 24.6 Å². The summed E-state index contributed by atoms with van der Waals surface area (Å²) < 4.78 is 0. The molecule has 7 nitrogen and oxygen atoms in total. The van der Waals surface area contributed by atoms with Crippen LogP contribution in [-0.2, 0) is 20.8 Å². The number of carbonyl (C=O) groups excluding carboxylic acids is 2. The zero-order valence-corrected chi connectivity index (χ0v) is 21.8. The molecule has 3 N–H and O–H groups in total. The van der Waals surface area contributed by atoms with Gasteiger partial charge in [-0.15, -0.1) is 0 Å². The number of nitrogens with one attached hydrogen (secondary N) is 1. The fourth-order valence-corrected chi connectivity index (χ4v) is 5.83. The van der Waals surface area contributed by atoms with E-state index in [1.54, 1.807) is 12.1 Å². The highest BCUT2D eigenvalue weighted by molar-refractivity contribution is 6.09. The summed E-state index contributed by atoms with van der Waals surface area (Å²) in [6.45, 7) is 2.27. The maximum Gasteiger partial charge on any atom is 0.325 e. The summed E-state index contributed by atoms with van der Waals surface area (Å²) in [5, 5.41) is 23.5. The first-order valence-electron chi connectivity index (χ1n) is 13.3. The summed E-state index contributed by atoms with van der Waals surface area (Å²) in [5.74, 6) is -3.73. The van der Waals surface area contributed by atoms with Crippen LogP contribution in [0.25, 0.3) is 12.2 Å². The lowest BCUT2D eigenvalue weighted by molar-refractivity contribution is -0.151. The number of rotatable bonds is 9. The molecule has 0 spiro atoms. The predicted molar refractivity (Wildman–Crippen MR) is 148 cm³/mol. The Labute approximate surface area is 227 Å². The van der Waals surface area contributed by atoms with E-state index in [4.69, 9.17) is 0 Å². The molecule has 4 unspecified atom stereocenters. The first kappa shape index (κ1) is 26.4. The number of carboxylic acids is 1. The number of hydrogen-bond donors (Lipinski definition) is 3. The highest BCUT2D eigenvalue weighted by atomic mass is 16.4. The quantitative estimate of drug-likeness (QED) is 0.277. The molecule has 200 valence electrons. The number of hydrogen-bond acceptors (Lipinski definition) is 5. The summed E-state index contributed by atoms with van der Waals surface area (Å²) in [6.07, 6.45) is 5.47. The standard InChI is InChI=1S/C32H32N2O5/c1-2-3-19-34-29(36)26-27(30(34)37)32(31(38)39,20-23-13-17-25(35)18-14-23)33-28(26)24-15-11-22(12-16-24)10-9-21-7-5-4-6-8-21/h4-18,26-28,33,35H,2-3,19-20H2,1H3,(H,38,39)/b10-9+. The van der Waals surface area contributed by atoms with E-state index in [0.717, 1.165) is 23.1 Å². The molecule has 0 saturated carbocycles. The Morgan fingerprint density at radius 2 is 1.56 bits per heavy atom. The molecule has 7 heteroatoms. The van der Waals surface area contributed by atoms with Crippen molar-refractivity contribution in [2.24, 2.45) is 11.8 Å². The van der Waals surface area contributed by atoms with E-state index < -0.39 is 35.3 Å². The van der Waals surface area contributed by atoms with E-state index in [1.165, 1.54) is 17.0 Å². The van der Waals surface area contributed by atoms with E-state index in [2.05, 4.69) is 5.32 Å². The molecule has 3 aromatic rings. The van der Waals surface area contributed by atoms with Crippen LogP contribution in [0.5, 0.6) is 5.75 Å². The largest absolute Gasteiger partial charge is 0.508 e. The summed E-state index contributed by atoms with van der Waals surface area (Å²) in [7, 11) is 0. The van der Waals surface area contributed by atoms with Crippen LogP contribution in [0.15, 0.2) is 78.9 Å². The van der Waals surface area contributed by atoms with Crippen LogP contribution >= 0.6 is 0 Å². The third-order valence-electron chi connectivity index (χ3n) is 7.85. The van der Waals surface area contributed by atoms with Crippen molar-refractivity contribution in [2.45, 2.75) is 37.8 Å². The number of carbonyl (C=O) groups is 3. The molecule has 3 aromatic carbocycles. The van der Waals surface area contributed by atoms with Gasteiger partial charge in [0.25, 0.3) is 0 Å². The second kappa shape index (κ2) is 10.9. The molecular formula is C32H32N2O5. The van der Waals surface area contributed by atoms with E-state index in [-0.39, 0.29) is 24.6 Å². The lowest BCUT2D eigenvalue weighted by Crippen LogP contribution is -2.57. The van der Waals surface area contributed by atoms with Crippen LogP contribution in [0.2, 0.25) is 0 Å². The monoisotopic (exact) mass is 524 g/mol. The number of aliphatic carboxylic acids is 1. The maximum absolute atomic E-state index is 13.7. The average molecular weight is 525 g/mol. The molecule has 0 aliphatic carbocycles. The molecule has 0 bridgehead atoms. The van der Waals surface area contributed by atoms with Gasteiger partial charge in [0.05, 0.1) is 11.8 Å². The van der Waals surface area contributed by atoms with E-state index in [1.807, 2.05) is 73.7 Å². The van der Waals surface area contributed by atoms with Crippen molar-refractivity contribution in [3.63, 3.8) is 0 Å². The molecular weight excluding hydrogens is 492 g/mol. The Balaban J connectivity index is 1.50. The van der Waals surface area contributed by atoms with Crippen molar-refractivity contribution in [2.75, 3.05) is 6.54 Å². The zero-order valence-electron chi connectivity index (χ0n) is 21.8. The first-order chi connectivity index (χ1) is 18.8. The van der Waals surface area contributed by atoms with Crippen molar-refractivity contribution < 1.29 is 24.6 Å². The van der Waals surface area contributed by atoms with Gasteiger partial charge in [0, 0.05) is 19.0 Å². The van der Waals surface area contributed by atoms with Crippen molar-refractivity contribution in [3.8, 4) is 5.75 Å².